The zero-order valence-electron chi connectivity index (χ0n) is 16.1. The molecule has 1 unspecified atom stereocenters. The van der Waals surface area contributed by atoms with Crippen molar-refractivity contribution in [2.75, 3.05) is 13.1 Å². The van der Waals surface area contributed by atoms with Crippen molar-refractivity contribution in [3.8, 4) is 0 Å². The molecule has 0 radical (unpaired) electrons. The number of nitrogens with one attached hydrogen (secondary N) is 1. The van der Waals surface area contributed by atoms with Crippen LogP contribution in [-0.4, -0.2) is 39.4 Å². The van der Waals surface area contributed by atoms with Gasteiger partial charge in [0.1, 0.15) is 5.82 Å². The largest absolute Gasteiger partial charge is 0.346 e. The lowest BCUT2D eigenvalue weighted by Crippen LogP contribution is -2.45. The van der Waals surface area contributed by atoms with Gasteiger partial charge in [-0.1, -0.05) is 26.2 Å². The number of imidazole rings is 1. The number of rotatable bonds is 6. The summed E-state index contributed by atoms with van der Waals surface area (Å²) >= 11 is 0. The summed E-state index contributed by atoms with van der Waals surface area (Å²) in [4.78, 5) is 31.7. The minimum absolute atomic E-state index is 0.00209. The van der Waals surface area contributed by atoms with Gasteiger partial charge in [0, 0.05) is 44.4 Å². The van der Waals surface area contributed by atoms with E-state index in [-0.39, 0.29) is 23.8 Å². The Hall–Kier alpha value is -1.85. The molecule has 1 N–H and O–H groups in total. The number of aromatic nitrogens is 2. The highest BCUT2D eigenvalue weighted by Crippen LogP contribution is 2.29. The Labute approximate surface area is 156 Å². The number of carbonyl (C=O) groups excluding carboxylic acids is 2. The molecule has 1 aromatic heterocycles. The Morgan fingerprint density at radius 2 is 1.88 bits per heavy atom. The number of amides is 2. The van der Waals surface area contributed by atoms with Gasteiger partial charge in [0.15, 0.2) is 0 Å². The third-order valence-corrected chi connectivity index (χ3v) is 5.95. The van der Waals surface area contributed by atoms with E-state index in [1.54, 1.807) is 6.20 Å². The van der Waals surface area contributed by atoms with Crippen molar-refractivity contribution in [2.45, 2.75) is 64.3 Å². The van der Waals surface area contributed by atoms with E-state index in [2.05, 4.69) is 17.2 Å². The zero-order valence-corrected chi connectivity index (χ0v) is 16.1. The first-order valence-corrected chi connectivity index (χ1v) is 10.2. The molecule has 1 aliphatic carbocycles. The van der Waals surface area contributed by atoms with Crippen LogP contribution in [-0.2, 0) is 16.6 Å². The summed E-state index contributed by atoms with van der Waals surface area (Å²) in [6.45, 7) is 3.55. The monoisotopic (exact) mass is 360 g/mol. The highest BCUT2D eigenvalue weighted by atomic mass is 16.2. The van der Waals surface area contributed by atoms with Gasteiger partial charge in [0.2, 0.25) is 11.8 Å². The van der Waals surface area contributed by atoms with E-state index in [0.717, 1.165) is 44.3 Å². The Bertz CT molecular complexity index is 613. The molecule has 2 fully saturated rings. The molecule has 144 valence electrons. The van der Waals surface area contributed by atoms with Gasteiger partial charge in [0.05, 0.1) is 6.04 Å². The Morgan fingerprint density at radius 3 is 2.46 bits per heavy atom. The highest BCUT2D eigenvalue weighted by Gasteiger charge is 2.32. The molecule has 2 aliphatic rings. The molecule has 2 amide bonds. The van der Waals surface area contributed by atoms with Crippen LogP contribution < -0.4 is 5.32 Å². The lowest BCUT2D eigenvalue weighted by molar-refractivity contribution is -0.139. The molecule has 3 rings (SSSR count). The van der Waals surface area contributed by atoms with Crippen LogP contribution in [0.1, 0.15) is 70.2 Å². The molecular formula is C20H32N4O2. The molecule has 6 nitrogen and oxygen atoms in total. The van der Waals surface area contributed by atoms with E-state index >= 15 is 0 Å². The number of piperidine rings is 1. The predicted molar refractivity (Wildman–Crippen MR) is 100 cm³/mol. The first kappa shape index (κ1) is 18.9. The maximum atomic E-state index is 12.8. The summed E-state index contributed by atoms with van der Waals surface area (Å²) in [6.07, 6.45) is 11.6. The first-order valence-electron chi connectivity index (χ1n) is 10.2. The van der Waals surface area contributed by atoms with Crippen molar-refractivity contribution >= 4 is 11.8 Å². The van der Waals surface area contributed by atoms with Crippen molar-refractivity contribution < 1.29 is 9.59 Å². The standard InChI is InChI=1S/C20H32N4O2/c1-3-6-17(18-21-11-14-23(18)2)22-19(25)15-9-12-24(13-10-15)20(26)16-7-4-5-8-16/h11,14-17H,3-10,12-13H2,1-2H3,(H,22,25). The van der Waals surface area contributed by atoms with E-state index in [4.69, 9.17) is 0 Å². The van der Waals surface area contributed by atoms with Crippen molar-refractivity contribution in [1.29, 1.82) is 0 Å². The summed E-state index contributed by atoms with van der Waals surface area (Å²) in [7, 11) is 1.96. The fourth-order valence-corrected chi connectivity index (χ4v) is 4.35. The Morgan fingerprint density at radius 1 is 1.19 bits per heavy atom. The predicted octanol–water partition coefficient (Wildman–Crippen LogP) is 2.81. The van der Waals surface area contributed by atoms with Gasteiger partial charge in [-0.3, -0.25) is 9.59 Å². The number of aryl methyl sites for hydroxylation is 1. The third kappa shape index (κ3) is 4.27. The van der Waals surface area contributed by atoms with Gasteiger partial charge in [0.25, 0.3) is 0 Å². The molecule has 1 atom stereocenters. The number of hydrogen-bond donors (Lipinski definition) is 1. The van der Waals surface area contributed by atoms with E-state index in [1.165, 1.54) is 12.8 Å². The summed E-state index contributed by atoms with van der Waals surface area (Å²) in [5.41, 5.74) is 0. The van der Waals surface area contributed by atoms with Crippen molar-refractivity contribution in [2.24, 2.45) is 18.9 Å². The van der Waals surface area contributed by atoms with Crippen molar-refractivity contribution in [3.63, 3.8) is 0 Å². The highest BCUT2D eigenvalue weighted by molar-refractivity contribution is 5.81. The van der Waals surface area contributed by atoms with E-state index < -0.39 is 0 Å². The van der Waals surface area contributed by atoms with Crippen LogP contribution >= 0.6 is 0 Å². The molecule has 0 bridgehead atoms. The third-order valence-electron chi connectivity index (χ3n) is 5.95. The van der Waals surface area contributed by atoms with Crippen LogP contribution in [0, 0.1) is 11.8 Å². The van der Waals surface area contributed by atoms with Gasteiger partial charge in [-0.05, 0) is 32.1 Å². The summed E-state index contributed by atoms with van der Waals surface area (Å²) in [5, 5.41) is 3.20. The summed E-state index contributed by atoms with van der Waals surface area (Å²) in [5.74, 6) is 1.58. The van der Waals surface area contributed by atoms with Gasteiger partial charge in [-0.2, -0.15) is 0 Å². The minimum atomic E-state index is -0.0364. The smallest absolute Gasteiger partial charge is 0.225 e. The molecule has 6 heteroatoms. The lowest BCUT2D eigenvalue weighted by atomic mass is 9.94. The Balaban J connectivity index is 1.52. The molecule has 1 aliphatic heterocycles. The number of nitrogens with zero attached hydrogens (tertiary/aromatic N) is 3. The van der Waals surface area contributed by atoms with Crippen LogP contribution in [0.3, 0.4) is 0 Å². The molecule has 26 heavy (non-hydrogen) atoms. The van der Waals surface area contributed by atoms with Crippen molar-refractivity contribution in [3.05, 3.63) is 18.2 Å². The van der Waals surface area contributed by atoms with E-state index in [1.807, 2.05) is 22.7 Å². The van der Waals surface area contributed by atoms with Crippen LogP contribution in [0.4, 0.5) is 0 Å². The topological polar surface area (TPSA) is 67.2 Å². The summed E-state index contributed by atoms with van der Waals surface area (Å²) in [6, 6.07) is -0.0364. The zero-order chi connectivity index (χ0) is 18.5. The van der Waals surface area contributed by atoms with Crippen LogP contribution in [0.15, 0.2) is 12.4 Å². The SMILES string of the molecule is CCCC(NC(=O)C1CCN(C(=O)C2CCCC2)CC1)c1nccn1C. The average molecular weight is 361 g/mol. The quantitative estimate of drug-likeness (QED) is 0.848. The Kier molecular flexibility index (Phi) is 6.33. The van der Waals surface area contributed by atoms with E-state index in [0.29, 0.717) is 19.0 Å². The fourth-order valence-electron chi connectivity index (χ4n) is 4.35. The fraction of sp³-hybridized carbons (Fsp3) is 0.750. The molecule has 1 aromatic rings. The van der Waals surface area contributed by atoms with Crippen molar-refractivity contribution in [1.82, 2.24) is 19.8 Å². The maximum absolute atomic E-state index is 12.8. The van der Waals surface area contributed by atoms with Gasteiger partial charge >= 0.3 is 0 Å². The number of likely N-dealkylation sites (tertiary alicyclic amines) is 1. The molecular weight excluding hydrogens is 328 g/mol. The normalized spacial score (nSPS) is 20.3. The van der Waals surface area contributed by atoms with Crippen LogP contribution in [0.2, 0.25) is 0 Å². The van der Waals surface area contributed by atoms with Gasteiger partial charge in [-0.15, -0.1) is 0 Å². The van der Waals surface area contributed by atoms with Gasteiger partial charge in [-0.25, -0.2) is 4.98 Å². The van der Waals surface area contributed by atoms with E-state index in [9.17, 15) is 9.59 Å². The second-order valence-corrected chi connectivity index (χ2v) is 7.83. The lowest BCUT2D eigenvalue weighted by Gasteiger charge is -2.33. The van der Waals surface area contributed by atoms with Crippen LogP contribution in [0.5, 0.6) is 0 Å². The van der Waals surface area contributed by atoms with Crippen LogP contribution in [0.25, 0.3) is 0 Å². The van der Waals surface area contributed by atoms with Gasteiger partial charge < -0.3 is 14.8 Å². The molecule has 0 aromatic carbocycles. The average Bonchev–Trinajstić information content (AvgIpc) is 3.32. The number of carbonyl (C=O) groups is 2. The summed E-state index contributed by atoms with van der Waals surface area (Å²) < 4.78 is 1.98. The molecule has 0 spiro atoms. The molecule has 1 saturated carbocycles. The number of hydrogen-bond acceptors (Lipinski definition) is 3. The molecule has 2 heterocycles. The minimum Gasteiger partial charge on any atom is -0.346 e. The first-order chi connectivity index (χ1) is 12.6. The second-order valence-electron chi connectivity index (χ2n) is 7.83. The second kappa shape index (κ2) is 8.69. The molecule has 1 saturated heterocycles. The maximum Gasteiger partial charge on any atom is 0.225 e.